The van der Waals surface area contributed by atoms with E-state index in [1.165, 1.54) is 0 Å². The van der Waals surface area contributed by atoms with Crippen molar-refractivity contribution < 1.29 is 0 Å². The number of hydrogen-bond acceptors (Lipinski definition) is 1. The van der Waals surface area contributed by atoms with Gasteiger partial charge >= 0.3 is 0 Å². The third kappa shape index (κ3) is 4.16. The topological polar surface area (TPSA) is 23.8 Å². The Morgan fingerprint density at radius 1 is 1.18 bits per heavy atom. The summed E-state index contributed by atoms with van der Waals surface area (Å²) in [6.07, 6.45) is 0.515. The Morgan fingerprint density at radius 3 is 2.18 bits per heavy atom. The van der Waals surface area contributed by atoms with Crippen LogP contribution in [0.5, 0.6) is 0 Å². The summed E-state index contributed by atoms with van der Waals surface area (Å²) in [7, 11) is 0. The van der Waals surface area contributed by atoms with Crippen LogP contribution in [0, 0.1) is 11.3 Å². The number of rotatable bonds is 1. The predicted octanol–water partition coefficient (Wildman–Crippen LogP) is 2.78. The SMILES string of the molecule is CC.N#CCc1ccccc1. The van der Waals surface area contributed by atoms with E-state index in [4.69, 9.17) is 5.26 Å². The van der Waals surface area contributed by atoms with E-state index in [-0.39, 0.29) is 0 Å². The second kappa shape index (κ2) is 6.82. The van der Waals surface area contributed by atoms with E-state index in [2.05, 4.69) is 6.07 Å². The minimum atomic E-state index is 0.515. The average Bonchev–Trinajstić information content (AvgIpc) is 2.11. The fraction of sp³-hybridized carbons (Fsp3) is 0.300. The lowest BCUT2D eigenvalue weighted by atomic mass is 10.2. The minimum Gasteiger partial charge on any atom is -0.198 e. The summed E-state index contributed by atoms with van der Waals surface area (Å²) in [4.78, 5) is 0. The van der Waals surface area contributed by atoms with Crippen molar-refractivity contribution in [2.75, 3.05) is 0 Å². The van der Waals surface area contributed by atoms with E-state index >= 15 is 0 Å². The molecule has 0 saturated carbocycles. The Kier molecular flexibility index (Phi) is 6.02. The number of nitriles is 1. The molecule has 1 aromatic rings. The third-order valence-electron chi connectivity index (χ3n) is 1.13. The molecule has 0 atom stereocenters. The molecule has 0 aliphatic heterocycles. The number of benzene rings is 1. The van der Waals surface area contributed by atoms with Crippen LogP contribution in [0.1, 0.15) is 19.4 Å². The van der Waals surface area contributed by atoms with Crippen molar-refractivity contribution in [3.05, 3.63) is 35.9 Å². The van der Waals surface area contributed by atoms with Crippen molar-refractivity contribution in [3.8, 4) is 6.07 Å². The molecule has 0 aliphatic carbocycles. The highest BCUT2D eigenvalue weighted by Gasteiger charge is 1.84. The van der Waals surface area contributed by atoms with Crippen LogP contribution in [-0.2, 0) is 6.42 Å². The Bertz CT molecular complexity index is 208. The molecule has 1 aromatic carbocycles. The molecule has 58 valence electrons. The van der Waals surface area contributed by atoms with Crippen LogP contribution in [0.25, 0.3) is 0 Å². The van der Waals surface area contributed by atoms with Gasteiger partial charge in [-0.3, -0.25) is 0 Å². The van der Waals surface area contributed by atoms with Crippen LogP contribution in [0.3, 0.4) is 0 Å². The Labute approximate surface area is 68.3 Å². The summed E-state index contributed by atoms with van der Waals surface area (Å²) < 4.78 is 0. The second-order valence-corrected chi connectivity index (χ2v) is 1.82. The van der Waals surface area contributed by atoms with E-state index in [0.29, 0.717) is 6.42 Å². The molecule has 1 rings (SSSR count). The minimum absolute atomic E-state index is 0.515. The van der Waals surface area contributed by atoms with Gasteiger partial charge in [0.1, 0.15) is 0 Å². The molecular weight excluding hydrogens is 134 g/mol. The first-order valence-corrected chi connectivity index (χ1v) is 3.84. The predicted molar refractivity (Wildman–Crippen MR) is 47.1 cm³/mol. The van der Waals surface area contributed by atoms with Crippen LogP contribution < -0.4 is 0 Å². The smallest absolute Gasteiger partial charge is 0.0669 e. The molecule has 0 amide bonds. The van der Waals surface area contributed by atoms with E-state index in [1.54, 1.807) is 0 Å². The monoisotopic (exact) mass is 147 g/mol. The second-order valence-electron chi connectivity index (χ2n) is 1.82. The van der Waals surface area contributed by atoms with Crippen LogP contribution in [-0.4, -0.2) is 0 Å². The molecule has 0 unspecified atom stereocenters. The summed E-state index contributed by atoms with van der Waals surface area (Å²) in [6.45, 7) is 4.00. The first-order valence-electron chi connectivity index (χ1n) is 3.84. The van der Waals surface area contributed by atoms with Gasteiger partial charge in [0, 0.05) is 0 Å². The number of nitrogens with zero attached hydrogens (tertiary/aromatic N) is 1. The van der Waals surface area contributed by atoms with E-state index in [0.717, 1.165) is 5.56 Å². The first kappa shape index (κ1) is 9.71. The standard InChI is InChI=1S/C8H7N.C2H6/c9-7-6-8-4-2-1-3-5-8;1-2/h1-5H,6H2;1-2H3. The summed E-state index contributed by atoms with van der Waals surface area (Å²) >= 11 is 0. The summed E-state index contributed by atoms with van der Waals surface area (Å²) in [5.74, 6) is 0. The normalized spacial score (nSPS) is 7.36. The molecule has 0 aromatic heterocycles. The Hall–Kier alpha value is -1.29. The van der Waals surface area contributed by atoms with Crippen molar-refractivity contribution in [3.63, 3.8) is 0 Å². The van der Waals surface area contributed by atoms with E-state index in [1.807, 2.05) is 44.2 Å². The van der Waals surface area contributed by atoms with Gasteiger partial charge in [-0.15, -0.1) is 0 Å². The van der Waals surface area contributed by atoms with Crippen molar-refractivity contribution in [2.24, 2.45) is 0 Å². The van der Waals surface area contributed by atoms with Crippen molar-refractivity contribution >= 4 is 0 Å². The van der Waals surface area contributed by atoms with Gasteiger partial charge in [0.15, 0.2) is 0 Å². The molecule has 0 N–H and O–H groups in total. The van der Waals surface area contributed by atoms with Crippen molar-refractivity contribution in [1.29, 1.82) is 5.26 Å². The Morgan fingerprint density at radius 2 is 1.73 bits per heavy atom. The van der Waals surface area contributed by atoms with Gasteiger partial charge in [0.2, 0.25) is 0 Å². The maximum atomic E-state index is 8.27. The zero-order valence-corrected chi connectivity index (χ0v) is 7.04. The van der Waals surface area contributed by atoms with Gasteiger partial charge in [-0.1, -0.05) is 44.2 Å². The maximum Gasteiger partial charge on any atom is 0.0669 e. The fourth-order valence-corrected chi connectivity index (χ4v) is 0.687. The van der Waals surface area contributed by atoms with Crippen LogP contribution >= 0.6 is 0 Å². The highest BCUT2D eigenvalue weighted by Crippen LogP contribution is 1.96. The van der Waals surface area contributed by atoms with Gasteiger partial charge in [0.05, 0.1) is 12.5 Å². The highest BCUT2D eigenvalue weighted by molar-refractivity contribution is 5.17. The lowest BCUT2D eigenvalue weighted by Crippen LogP contribution is -1.76. The highest BCUT2D eigenvalue weighted by atomic mass is 14.2. The van der Waals surface area contributed by atoms with Gasteiger partial charge in [-0.2, -0.15) is 5.26 Å². The molecule has 0 fully saturated rings. The molecule has 1 heteroatoms. The zero-order valence-electron chi connectivity index (χ0n) is 7.04. The molecular formula is C10H13N. The van der Waals surface area contributed by atoms with Crippen LogP contribution in [0.2, 0.25) is 0 Å². The molecule has 0 heterocycles. The molecule has 0 bridgehead atoms. The van der Waals surface area contributed by atoms with Crippen LogP contribution in [0.4, 0.5) is 0 Å². The van der Waals surface area contributed by atoms with Crippen molar-refractivity contribution in [1.82, 2.24) is 0 Å². The molecule has 11 heavy (non-hydrogen) atoms. The summed E-state index contributed by atoms with van der Waals surface area (Å²) in [5, 5.41) is 8.27. The van der Waals surface area contributed by atoms with Crippen molar-refractivity contribution in [2.45, 2.75) is 20.3 Å². The van der Waals surface area contributed by atoms with Gasteiger partial charge in [-0.25, -0.2) is 0 Å². The first-order chi connectivity index (χ1) is 5.43. The quantitative estimate of drug-likeness (QED) is 0.599. The number of hydrogen-bond donors (Lipinski definition) is 0. The van der Waals surface area contributed by atoms with E-state index < -0.39 is 0 Å². The zero-order chi connectivity index (χ0) is 8.53. The summed E-state index contributed by atoms with van der Waals surface area (Å²) in [6, 6.07) is 11.8. The molecule has 0 saturated heterocycles. The van der Waals surface area contributed by atoms with Gasteiger partial charge in [-0.05, 0) is 5.56 Å². The largest absolute Gasteiger partial charge is 0.198 e. The van der Waals surface area contributed by atoms with Gasteiger partial charge in [0.25, 0.3) is 0 Å². The van der Waals surface area contributed by atoms with Crippen LogP contribution in [0.15, 0.2) is 30.3 Å². The maximum absolute atomic E-state index is 8.27. The third-order valence-corrected chi connectivity index (χ3v) is 1.13. The Balaban J connectivity index is 0.000000461. The van der Waals surface area contributed by atoms with Gasteiger partial charge < -0.3 is 0 Å². The molecule has 0 radical (unpaired) electrons. The lowest BCUT2D eigenvalue weighted by Gasteiger charge is -1.88. The fourth-order valence-electron chi connectivity index (χ4n) is 0.687. The average molecular weight is 147 g/mol. The molecule has 0 spiro atoms. The molecule has 1 nitrogen and oxygen atoms in total. The van der Waals surface area contributed by atoms with E-state index in [9.17, 15) is 0 Å². The summed E-state index contributed by atoms with van der Waals surface area (Å²) in [5.41, 5.74) is 1.08. The molecule has 0 aliphatic rings. The lowest BCUT2D eigenvalue weighted by molar-refractivity contribution is 1.26.